The van der Waals surface area contributed by atoms with Crippen molar-refractivity contribution >= 4 is 53.7 Å². The number of benzene rings is 2. The molecule has 1 aliphatic heterocycles. The number of hydrogen-bond acceptors (Lipinski definition) is 2. The molecule has 3 nitrogen and oxygen atoms in total. The topological polar surface area (TPSA) is 28.4 Å². The van der Waals surface area contributed by atoms with E-state index >= 15 is 0 Å². The molecule has 0 aliphatic carbocycles. The SMILES string of the molecule is O[C@@H](CN1CCCCCC1)Cn1c2ccc(Br)cc2c2cc(Br)ccc21. The van der Waals surface area contributed by atoms with E-state index in [4.69, 9.17) is 0 Å². The Labute approximate surface area is 171 Å². The molecule has 5 heteroatoms. The molecule has 1 aromatic heterocycles. The second kappa shape index (κ2) is 8.01. The van der Waals surface area contributed by atoms with Crippen LogP contribution in [-0.4, -0.2) is 40.3 Å². The molecule has 1 saturated heterocycles. The summed E-state index contributed by atoms with van der Waals surface area (Å²) in [5, 5.41) is 13.3. The summed E-state index contributed by atoms with van der Waals surface area (Å²) in [6.07, 6.45) is 4.79. The molecule has 0 unspecified atom stereocenters. The average Bonchev–Trinajstić information content (AvgIpc) is 2.77. The fraction of sp³-hybridized carbons (Fsp3) is 0.429. The summed E-state index contributed by atoms with van der Waals surface area (Å²) in [5.74, 6) is 0. The number of likely N-dealkylation sites (tertiary alicyclic amines) is 1. The van der Waals surface area contributed by atoms with Gasteiger partial charge < -0.3 is 14.6 Å². The first-order valence-corrected chi connectivity index (χ1v) is 11.0. The van der Waals surface area contributed by atoms with Gasteiger partial charge in [0.05, 0.1) is 12.6 Å². The maximum Gasteiger partial charge on any atom is 0.0845 e. The van der Waals surface area contributed by atoms with Crippen molar-refractivity contribution in [3.8, 4) is 0 Å². The number of β-amino-alcohol motifs (C(OH)–C–C–N with tert-alkyl or cyclic N) is 1. The molecule has 0 spiro atoms. The van der Waals surface area contributed by atoms with Crippen LogP contribution in [0.4, 0.5) is 0 Å². The fourth-order valence-electron chi connectivity index (χ4n) is 4.13. The molecule has 1 atom stereocenters. The molecule has 1 aliphatic rings. The van der Waals surface area contributed by atoms with Crippen molar-refractivity contribution in [2.45, 2.75) is 38.3 Å². The van der Waals surface area contributed by atoms with Gasteiger partial charge in [0.15, 0.2) is 0 Å². The van der Waals surface area contributed by atoms with Crippen molar-refractivity contribution in [2.75, 3.05) is 19.6 Å². The lowest BCUT2D eigenvalue weighted by Gasteiger charge is -2.24. The van der Waals surface area contributed by atoms with Crippen LogP contribution in [0.15, 0.2) is 45.3 Å². The molecule has 0 amide bonds. The summed E-state index contributed by atoms with van der Waals surface area (Å²) in [7, 11) is 0. The predicted octanol–water partition coefficient (Wildman–Crippen LogP) is 5.56. The van der Waals surface area contributed by atoms with Crippen LogP contribution in [0.2, 0.25) is 0 Å². The highest BCUT2D eigenvalue weighted by atomic mass is 79.9. The van der Waals surface area contributed by atoms with Gasteiger partial charge in [-0.3, -0.25) is 0 Å². The lowest BCUT2D eigenvalue weighted by molar-refractivity contribution is 0.102. The number of hydrogen-bond donors (Lipinski definition) is 1. The second-order valence-electron chi connectivity index (χ2n) is 7.30. The van der Waals surface area contributed by atoms with E-state index in [9.17, 15) is 5.11 Å². The Kier molecular flexibility index (Phi) is 5.69. The van der Waals surface area contributed by atoms with Crippen LogP contribution in [0.25, 0.3) is 21.8 Å². The van der Waals surface area contributed by atoms with E-state index in [1.54, 1.807) is 0 Å². The minimum absolute atomic E-state index is 0.362. The van der Waals surface area contributed by atoms with Gasteiger partial charge in [-0.05, 0) is 62.3 Å². The van der Waals surface area contributed by atoms with Crippen molar-refractivity contribution in [2.24, 2.45) is 0 Å². The summed E-state index contributed by atoms with van der Waals surface area (Å²) in [6.45, 7) is 3.61. The molecule has 1 fully saturated rings. The fourth-order valence-corrected chi connectivity index (χ4v) is 4.85. The minimum atomic E-state index is -0.362. The van der Waals surface area contributed by atoms with Gasteiger partial charge in [-0.15, -0.1) is 0 Å². The zero-order chi connectivity index (χ0) is 18.1. The van der Waals surface area contributed by atoms with E-state index in [2.05, 4.69) is 77.7 Å². The molecular formula is C21H24Br2N2O. The third-order valence-electron chi connectivity index (χ3n) is 5.35. The number of nitrogens with zero attached hydrogens (tertiary/aromatic N) is 2. The highest BCUT2D eigenvalue weighted by Gasteiger charge is 2.17. The summed E-state index contributed by atoms with van der Waals surface area (Å²) in [6, 6.07) is 12.8. The van der Waals surface area contributed by atoms with Crippen molar-refractivity contribution in [3.05, 3.63) is 45.3 Å². The number of aromatic nitrogens is 1. The van der Waals surface area contributed by atoms with Gasteiger partial charge in [0.2, 0.25) is 0 Å². The molecule has 0 bridgehead atoms. The third kappa shape index (κ3) is 3.86. The number of fused-ring (bicyclic) bond motifs is 3. The van der Waals surface area contributed by atoms with E-state index in [0.717, 1.165) is 28.6 Å². The van der Waals surface area contributed by atoms with Crippen LogP contribution in [0.1, 0.15) is 25.7 Å². The van der Waals surface area contributed by atoms with E-state index in [1.165, 1.54) is 47.5 Å². The predicted molar refractivity (Wildman–Crippen MR) is 116 cm³/mol. The number of aliphatic hydroxyl groups is 1. The number of halogens is 2. The maximum atomic E-state index is 10.8. The van der Waals surface area contributed by atoms with Crippen molar-refractivity contribution in [3.63, 3.8) is 0 Å². The van der Waals surface area contributed by atoms with E-state index in [0.29, 0.717) is 6.54 Å². The highest BCUT2D eigenvalue weighted by Crippen LogP contribution is 2.33. The zero-order valence-corrected chi connectivity index (χ0v) is 18.0. The first-order valence-electron chi connectivity index (χ1n) is 9.39. The summed E-state index contributed by atoms with van der Waals surface area (Å²) >= 11 is 7.19. The van der Waals surface area contributed by atoms with Crippen LogP contribution in [0.5, 0.6) is 0 Å². The molecule has 1 N–H and O–H groups in total. The first-order chi connectivity index (χ1) is 12.6. The molecule has 2 heterocycles. The van der Waals surface area contributed by atoms with Gasteiger partial charge in [0.25, 0.3) is 0 Å². The minimum Gasteiger partial charge on any atom is -0.390 e. The average molecular weight is 480 g/mol. The Morgan fingerprint density at radius 1 is 0.808 bits per heavy atom. The van der Waals surface area contributed by atoms with Gasteiger partial charge in [-0.25, -0.2) is 0 Å². The van der Waals surface area contributed by atoms with Crippen molar-refractivity contribution in [1.29, 1.82) is 0 Å². The summed E-state index contributed by atoms with van der Waals surface area (Å²) in [4.78, 5) is 2.43. The lowest BCUT2D eigenvalue weighted by atomic mass is 10.2. The summed E-state index contributed by atoms with van der Waals surface area (Å²) < 4.78 is 4.43. The van der Waals surface area contributed by atoms with Crippen molar-refractivity contribution in [1.82, 2.24) is 9.47 Å². The maximum absolute atomic E-state index is 10.8. The van der Waals surface area contributed by atoms with Crippen LogP contribution in [-0.2, 0) is 6.54 Å². The van der Waals surface area contributed by atoms with E-state index in [1.807, 2.05) is 0 Å². The molecule has 2 aromatic carbocycles. The molecule has 0 saturated carbocycles. The van der Waals surface area contributed by atoms with Crippen LogP contribution < -0.4 is 0 Å². The molecule has 138 valence electrons. The van der Waals surface area contributed by atoms with Crippen molar-refractivity contribution < 1.29 is 5.11 Å². The van der Waals surface area contributed by atoms with Gasteiger partial charge in [-0.1, -0.05) is 44.7 Å². The standard InChI is InChI=1S/C21H24Br2N2O/c22-15-5-7-20-18(11-15)19-12-16(23)6-8-21(19)25(20)14-17(26)13-24-9-3-1-2-4-10-24/h5-8,11-12,17,26H,1-4,9-10,13-14H2/t17-/m0/s1. The summed E-state index contributed by atoms with van der Waals surface area (Å²) in [5.41, 5.74) is 2.35. The van der Waals surface area contributed by atoms with Crippen LogP contribution in [0, 0.1) is 0 Å². The lowest BCUT2D eigenvalue weighted by Crippen LogP contribution is -2.35. The van der Waals surface area contributed by atoms with Crippen LogP contribution in [0.3, 0.4) is 0 Å². The second-order valence-corrected chi connectivity index (χ2v) is 9.13. The Hall–Kier alpha value is -0.880. The molecule has 0 radical (unpaired) electrons. The molecular weight excluding hydrogens is 456 g/mol. The van der Waals surface area contributed by atoms with E-state index in [-0.39, 0.29) is 6.10 Å². The Balaban J connectivity index is 1.66. The molecule has 4 rings (SSSR count). The number of rotatable bonds is 4. The molecule has 26 heavy (non-hydrogen) atoms. The highest BCUT2D eigenvalue weighted by molar-refractivity contribution is 9.10. The Morgan fingerprint density at radius 2 is 1.35 bits per heavy atom. The number of aliphatic hydroxyl groups excluding tert-OH is 1. The monoisotopic (exact) mass is 478 g/mol. The normalized spacial score (nSPS) is 17.7. The smallest absolute Gasteiger partial charge is 0.0845 e. The molecule has 3 aromatic rings. The Bertz CT molecular complexity index is 854. The van der Waals surface area contributed by atoms with Gasteiger partial charge >= 0.3 is 0 Å². The van der Waals surface area contributed by atoms with Gasteiger partial charge in [0, 0.05) is 37.3 Å². The Morgan fingerprint density at radius 3 is 1.88 bits per heavy atom. The first kappa shape index (κ1) is 18.5. The quantitative estimate of drug-likeness (QED) is 0.530. The van der Waals surface area contributed by atoms with Crippen LogP contribution >= 0.6 is 31.9 Å². The zero-order valence-electron chi connectivity index (χ0n) is 14.8. The van der Waals surface area contributed by atoms with Gasteiger partial charge in [0.1, 0.15) is 0 Å². The van der Waals surface area contributed by atoms with E-state index < -0.39 is 0 Å². The third-order valence-corrected chi connectivity index (χ3v) is 6.34. The van der Waals surface area contributed by atoms with Gasteiger partial charge in [-0.2, -0.15) is 0 Å². The largest absolute Gasteiger partial charge is 0.390 e.